The van der Waals surface area contributed by atoms with Crippen LogP contribution in [-0.2, 0) is 17.8 Å². The quantitative estimate of drug-likeness (QED) is 0.772. The van der Waals surface area contributed by atoms with Crippen LogP contribution >= 0.6 is 0 Å². The van der Waals surface area contributed by atoms with Gasteiger partial charge >= 0.3 is 0 Å². The first-order chi connectivity index (χ1) is 11.1. The highest BCUT2D eigenvalue weighted by Crippen LogP contribution is 2.25. The number of fused-ring (bicyclic) bond motifs is 1. The van der Waals surface area contributed by atoms with Gasteiger partial charge in [0, 0.05) is 16.6 Å². The van der Waals surface area contributed by atoms with Crippen molar-refractivity contribution in [1.82, 2.24) is 0 Å². The molecule has 0 aliphatic carbocycles. The fraction of sp³-hybridized carbons (Fsp3) is 0.211. The lowest BCUT2D eigenvalue weighted by Gasteiger charge is -2.06. The van der Waals surface area contributed by atoms with Gasteiger partial charge in [-0.25, -0.2) is 0 Å². The Bertz CT molecular complexity index is 864. The van der Waals surface area contributed by atoms with Crippen LogP contribution in [0.4, 0.5) is 5.69 Å². The molecule has 0 radical (unpaired) electrons. The highest BCUT2D eigenvalue weighted by Gasteiger charge is 2.12. The molecule has 0 aliphatic rings. The summed E-state index contributed by atoms with van der Waals surface area (Å²) in [4.78, 5) is 12.3. The van der Waals surface area contributed by atoms with E-state index in [4.69, 9.17) is 9.52 Å². The van der Waals surface area contributed by atoms with E-state index in [2.05, 4.69) is 11.4 Å². The number of furan rings is 1. The van der Waals surface area contributed by atoms with Crippen LogP contribution in [0.15, 0.2) is 47.1 Å². The smallest absolute Gasteiger partial charge is 0.228 e. The zero-order valence-electron chi connectivity index (χ0n) is 13.2. The maximum absolute atomic E-state index is 12.3. The predicted octanol–water partition coefficient (Wildman–Crippen LogP) is 3.72. The molecule has 118 valence electrons. The van der Waals surface area contributed by atoms with Crippen molar-refractivity contribution in [1.29, 1.82) is 0 Å². The summed E-state index contributed by atoms with van der Waals surface area (Å²) in [6.45, 7) is 4.04. The van der Waals surface area contributed by atoms with Crippen molar-refractivity contribution in [2.45, 2.75) is 26.9 Å². The van der Waals surface area contributed by atoms with Crippen molar-refractivity contribution in [3.05, 3.63) is 64.9 Å². The summed E-state index contributed by atoms with van der Waals surface area (Å²) >= 11 is 0. The Morgan fingerprint density at radius 2 is 1.96 bits per heavy atom. The van der Waals surface area contributed by atoms with E-state index < -0.39 is 0 Å². The lowest BCUT2D eigenvalue weighted by Crippen LogP contribution is -2.14. The third-order valence-corrected chi connectivity index (χ3v) is 4.01. The number of amides is 1. The van der Waals surface area contributed by atoms with E-state index in [0.717, 1.165) is 22.1 Å². The first kappa shape index (κ1) is 15.3. The number of nitrogens with one attached hydrogen (secondary N) is 1. The summed E-state index contributed by atoms with van der Waals surface area (Å²) in [5.74, 6) is -0.110. The molecule has 2 aromatic carbocycles. The number of carbonyl (C=O) groups excluding carboxylic acids is 1. The Morgan fingerprint density at radius 3 is 2.74 bits per heavy atom. The van der Waals surface area contributed by atoms with Crippen molar-refractivity contribution in [2.24, 2.45) is 0 Å². The Labute approximate surface area is 134 Å². The van der Waals surface area contributed by atoms with Crippen LogP contribution in [-0.4, -0.2) is 11.0 Å². The second-order valence-electron chi connectivity index (χ2n) is 5.78. The molecule has 1 aromatic heterocycles. The lowest BCUT2D eigenvalue weighted by molar-refractivity contribution is -0.115. The summed E-state index contributed by atoms with van der Waals surface area (Å²) in [5, 5.41) is 13.0. The number of rotatable bonds is 4. The van der Waals surface area contributed by atoms with Gasteiger partial charge in [0.2, 0.25) is 5.91 Å². The zero-order chi connectivity index (χ0) is 16.4. The van der Waals surface area contributed by atoms with Crippen molar-refractivity contribution in [3.8, 4) is 0 Å². The minimum absolute atomic E-state index is 0.0469. The van der Waals surface area contributed by atoms with Crippen LogP contribution in [0, 0.1) is 13.8 Å². The zero-order valence-corrected chi connectivity index (χ0v) is 13.2. The second kappa shape index (κ2) is 6.26. The number of benzene rings is 2. The number of anilines is 1. The maximum atomic E-state index is 12.3. The Balaban J connectivity index is 1.79. The molecule has 1 heterocycles. The molecule has 0 unspecified atom stereocenters. The Kier molecular flexibility index (Phi) is 4.17. The molecule has 4 heteroatoms. The van der Waals surface area contributed by atoms with Gasteiger partial charge in [-0.1, -0.05) is 12.1 Å². The van der Waals surface area contributed by atoms with E-state index in [9.17, 15) is 4.79 Å². The average Bonchev–Trinajstić information content (AvgIpc) is 2.90. The van der Waals surface area contributed by atoms with Crippen LogP contribution in [0.25, 0.3) is 11.0 Å². The molecule has 0 atom stereocenters. The third kappa shape index (κ3) is 3.27. The van der Waals surface area contributed by atoms with Crippen molar-refractivity contribution >= 4 is 22.6 Å². The Morgan fingerprint density at radius 1 is 1.17 bits per heavy atom. The van der Waals surface area contributed by atoms with Crippen LogP contribution < -0.4 is 5.32 Å². The molecular formula is C19H19NO3. The first-order valence-electron chi connectivity index (χ1n) is 7.54. The molecule has 0 fully saturated rings. The minimum Gasteiger partial charge on any atom is -0.464 e. The van der Waals surface area contributed by atoms with Gasteiger partial charge in [0.05, 0.1) is 19.3 Å². The van der Waals surface area contributed by atoms with Gasteiger partial charge in [-0.05, 0) is 54.8 Å². The molecule has 0 saturated heterocycles. The van der Waals surface area contributed by atoms with Crippen LogP contribution in [0.5, 0.6) is 0 Å². The van der Waals surface area contributed by atoms with E-state index in [1.54, 1.807) is 24.5 Å². The Hall–Kier alpha value is -2.59. The summed E-state index contributed by atoms with van der Waals surface area (Å²) in [6.07, 6.45) is 1.89. The second-order valence-corrected chi connectivity index (χ2v) is 5.78. The summed E-state index contributed by atoms with van der Waals surface area (Å²) in [5.41, 5.74) is 5.47. The minimum atomic E-state index is -0.110. The van der Waals surface area contributed by atoms with Gasteiger partial charge in [-0.15, -0.1) is 0 Å². The SMILES string of the molecule is Cc1cc2occ(CC(=O)Nc3cccc(CO)c3)c2cc1C. The molecule has 4 nitrogen and oxygen atoms in total. The molecule has 0 bridgehead atoms. The van der Waals surface area contributed by atoms with Crippen molar-refractivity contribution in [2.75, 3.05) is 5.32 Å². The lowest BCUT2D eigenvalue weighted by atomic mass is 10.0. The number of aliphatic hydroxyl groups is 1. The molecule has 0 spiro atoms. The fourth-order valence-corrected chi connectivity index (χ4v) is 2.60. The van der Waals surface area contributed by atoms with E-state index in [0.29, 0.717) is 5.69 Å². The highest BCUT2D eigenvalue weighted by atomic mass is 16.3. The monoisotopic (exact) mass is 309 g/mol. The fourth-order valence-electron chi connectivity index (χ4n) is 2.60. The molecular weight excluding hydrogens is 290 g/mol. The van der Waals surface area contributed by atoms with Crippen LogP contribution in [0.2, 0.25) is 0 Å². The largest absolute Gasteiger partial charge is 0.464 e. The summed E-state index contributed by atoms with van der Waals surface area (Å²) in [6, 6.07) is 11.2. The number of carbonyl (C=O) groups is 1. The number of aliphatic hydroxyl groups excluding tert-OH is 1. The molecule has 1 amide bonds. The van der Waals surface area contributed by atoms with Crippen molar-refractivity contribution < 1.29 is 14.3 Å². The molecule has 0 saturated carbocycles. The summed E-state index contributed by atoms with van der Waals surface area (Å²) in [7, 11) is 0. The van der Waals surface area contributed by atoms with E-state index in [1.165, 1.54) is 11.1 Å². The number of hydrogen-bond donors (Lipinski definition) is 2. The van der Waals surface area contributed by atoms with Crippen LogP contribution in [0.3, 0.4) is 0 Å². The van der Waals surface area contributed by atoms with Gasteiger partial charge < -0.3 is 14.8 Å². The first-order valence-corrected chi connectivity index (χ1v) is 7.54. The predicted molar refractivity (Wildman–Crippen MR) is 90.4 cm³/mol. The standard InChI is InChI=1S/C19H19NO3/c1-12-6-17-15(11-23-18(17)7-13(12)2)9-19(22)20-16-5-3-4-14(8-16)10-21/h3-8,11,21H,9-10H2,1-2H3,(H,20,22). The van der Waals surface area contributed by atoms with Gasteiger partial charge in [0.15, 0.2) is 0 Å². The van der Waals surface area contributed by atoms with Crippen LogP contribution in [0.1, 0.15) is 22.3 Å². The maximum Gasteiger partial charge on any atom is 0.228 e. The normalized spacial score (nSPS) is 10.9. The van der Waals surface area contributed by atoms with E-state index >= 15 is 0 Å². The average molecular weight is 309 g/mol. The molecule has 2 N–H and O–H groups in total. The molecule has 3 rings (SSSR count). The third-order valence-electron chi connectivity index (χ3n) is 4.01. The topological polar surface area (TPSA) is 62.5 Å². The summed E-state index contributed by atoms with van der Waals surface area (Å²) < 4.78 is 5.56. The molecule has 0 aliphatic heterocycles. The van der Waals surface area contributed by atoms with Gasteiger partial charge in [-0.3, -0.25) is 4.79 Å². The molecule has 3 aromatic rings. The van der Waals surface area contributed by atoms with Gasteiger partial charge in [0.25, 0.3) is 0 Å². The number of hydrogen-bond acceptors (Lipinski definition) is 3. The number of aryl methyl sites for hydroxylation is 2. The van der Waals surface area contributed by atoms with E-state index in [-0.39, 0.29) is 18.9 Å². The van der Waals surface area contributed by atoms with Gasteiger partial charge in [-0.2, -0.15) is 0 Å². The van der Waals surface area contributed by atoms with Gasteiger partial charge in [0.1, 0.15) is 5.58 Å². The van der Waals surface area contributed by atoms with Crippen molar-refractivity contribution in [3.63, 3.8) is 0 Å². The molecule has 23 heavy (non-hydrogen) atoms. The van der Waals surface area contributed by atoms with E-state index in [1.807, 2.05) is 26.0 Å². The highest BCUT2D eigenvalue weighted by molar-refractivity contribution is 5.95.